The molecule has 0 saturated carbocycles. The van der Waals surface area contributed by atoms with Gasteiger partial charge in [-0.15, -0.1) is 11.3 Å². The lowest BCUT2D eigenvalue weighted by atomic mass is 10.2. The van der Waals surface area contributed by atoms with E-state index in [1.165, 1.54) is 11.3 Å². The molecule has 0 aliphatic heterocycles. The van der Waals surface area contributed by atoms with Crippen molar-refractivity contribution in [1.82, 2.24) is 5.32 Å². The third-order valence-corrected chi connectivity index (χ3v) is 3.70. The van der Waals surface area contributed by atoms with Gasteiger partial charge in [0.2, 0.25) is 0 Å². The zero-order valence-corrected chi connectivity index (χ0v) is 13.1. The van der Waals surface area contributed by atoms with Gasteiger partial charge in [0.15, 0.2) is 5.11 Å². The summed E-state index contributed by atoms with van der Waals surface area (Å²) < 4.78 is 10.4. The molecule has 0 aliphatic rings. The molecule has 0 saturated heterocycles. The Balaban J connectivity index is 2.07. The lowest BCUT2D eigenvalue weighted by Gasteiger charge is -2.13. The number of carbonyl (C=O) groups excluding carboxylic acids is 1. The van der Waals surface area contributed by atoms with Crippen LogP contribution in [0.2, 0.25) is 0 Å². The molecule has 0 fully saturated rings. The van der Waals surface area contributed by atoms with Crippen LogP contribution in [-0.2, 0) is 0 Å². The molecule has 1 aromatic heterocycles. The van der Waals surface area contributed by atoms with E-state index in [0.29, 0.717) is 22.1 Å². The highest BCUT2D eigenvalue weighted by Crippen LogP contribution is 2.28. The first-order valence-corrected chi connectivity index (χ1v) is 7.30. The second kappa shape index (κ2) is 7.05. The zero-order valence-electron chi connectivity index (χ0n) is 11.5. The maximum atomic E-state index is 11.9. The summed E-state index contributed by atoms with van der Waals surface area (Å²) in [6.45, 7) is 0. The topological polar surface area (TPSA) is 59.6 Å². The zero-order chi connectivity index (χ0) is 15.2. The number of thiophene rings is 1. The minimum Gasteiger partial charge on any atom is -0.497 e. The number of rotatable bonds is 4. The summed E-state index contributed by atoms with van der Waals surface area (Å²) in [4.78, 5) is 12.5. The van der Waals surface area contributed by atoms with Gasteiger partial charge in [0.1, 0.15) is 11.5 Å². The fourth-order valence-electron chi connectivity index (χ4n) is 1.64. The maximum Gasteiger partial charge on any atom is 0.267 e. The number of nitrogens with one attached hydrogen (secondary N) is 2. The smallest absolute Gasteiger partial charge is 0.267 e. The molecule has 0 atom stereocenters. The lowest BCUT2D eigenvalue weighted by Crippen LogP contribution is -2.33. The Morgan fingerprint density at radius 1 is 1.24 bits per heavy atom. The maximum absolute atomic E-state index is 11.9. The van der Waals surface area contributed by atoms with E-state index < -0.39 is 0 Å². The van der Waals surface area contributed by atoms with Crippen molar-refractivity contribution in [1.29, 1.82) is 0 Å². The second-order valence-corrected chi connectivity index (χ2v) is 5.31. The van der Waals surface area contributed by atoms with Gasteiger partial charge in [-0.1, -0.05) is 6.07 Å². The minimum absolute atomic E-state index is 0.194. The normalized spacial score (nSPS) is 9.81. The van der Waals surface area contributed by atoms with Gasteiger partial charge in [-0.25, -0.2) is 0 Å². The van der Waals surface area contributed by atoms with Crippen molar-refractivity contribution >= 4 is 40.3 Å². The van der Waals surface area contributed by atoms with Crippen LogP contribution in [0.5, 0.6) is 11.5 Å². The molecule has 0 radical (unpaired) electrons. The Labute approximate surface area is 131 Å². The van der Waals surface area contributed by atoms with Gasteiger partial charge < -0.3 is 14.8 Å². The molecule has 7 heteroatoms. The van der Waals surface area contributed by atoms with E-state index in [0.717, 1.165) is 0 Å². The van der Waals surface area contributed by atoms with Crippen LogP contribution in [0.1, 0.15) is 9.67 Å². The van der Waals surface area contributed by atoms with Crippen LogP contribution in [0.25, 0.3) is 0 Å². The third kappa shape index (κ3) is 3.93. The van der Waals surface area contributed by atoms with Gasteiger partial charge in [0, 0.05) is 6.07 Å². The van der Waals surface area contributed by atoms with Crippen LogP contribution in [0.3, 0.4) is 0 Å². The second-order valence-electron chi connectivity index (χ2n) is 3.95. The van der Waals surface area contributed by atoms with E-state index in [9.17, 15) is 4.79 Å². The fraction of sp³-hybridized carbons (Fsp3) is 0.143. The molecule has 2 rings (SSSR count). The first-order chi connectivity index (χ1) is 10.1. The van der Waals surface area contributed by atoms with E-state index in [1.54, 1.807) is 44.6 Å². The molecular weight excluding hydrogens is 308 g/mol. The summed E-state index contributed by atoms with van der Waals surface area (Å²) in [5.41, 5.74) is 0.619. The molecule has 0 aliphatic carbocycles. The third-order valence-electron chi connectivity index (χ3n) is 2.63. The van der Waals surface area contributed by atoms with Gasteiger partial charge in [-0.05, 0) is 35.8 Å². The van der Waals surface area contributed by atoms with Crippen molar-refractivity contribution in [3.05, 3.63) is 40.6 Å². The Hall–Kier alpha value is -2.12. The molecule has 1 heterocycles. The van der Waals surface area contributed by atoms with Gasteiger partial charge in [-0.2, -0.15) is 0 Å². The molecule has 5 nitrogen and oxygen atoms in total. The number of carbonyl (C=O) groups is 1. The average molecular weight is 322 g/mol. The van der Waals surface area contributed by atoms with Crippen LogP contribution in [0.15, 0.2) is 35.7 Å². The van der Waals surface area contributed by atoms with Crippen LogP contribution in [-0.4, -0.2) is 25.2 Å². The predicted molar refractivity (Wildman–Crippen MR) is 87.6 cm³/mol. The number of anilines is 1. The Kier molecular flexibility index (Phi) is 5.13. The number of hydrogen-bond donors (Lipinski definition) is 2. The summed E-state index contributed by atoms with van der Waals surface area (Å²) in [5, 5.41) is 7.57. The summed E-state index contributed by atoms with van der Waals surface area (Å²) in [6.07, 6.45) is 0. The van der Waals surface area contributed by atoms with Crippen molar-refractivity contribution in [3.8, 4) is 11.5 Å². The van der Waals surface area contributed by atoms with Crippen molar-refractivity contribution in [2.45, 2.75) is 0 Å². The van der Waals surface area contributed by atoms with Crippen molar-refractivity contribution < 1.29 is 14.3 Å². The lowest BCUT2D eigenvalue weighted by molar-refractivity contribution is 0.0981. The van der Waals surface area contributed by atoms with Gasteiger partial charge >= 0.3 is 0 Å². The summed E-state index contributed by atoms with van der Waals surface area (Å²) in [5.74, 6) is 1.01. The van der Waals surface area contributed by atoms with E-state index in [-0.39, 0.29) is 11.0 Å². The molecule has 0 bridgehead atoms. The van der Waals surface area contributed by atoms with Crippen LogP contribution >= 0.6 is 23.6 Å². The minimum atomic E-state index is -0.246. The van der Waals surface area contributed by atoms with Crippen LogP contribution in [0, 0.1) is 0 Å². The van der Waals surface area contributed by atoms with Crippen molar-refractivity contribution in [3.63, 3.8) is 0 Å². The average Bonchev–Trinajstić information content (AvgIpc) is 3.01. The fourth-order valence-corrected chi connectivity index (χ4v) is 2.46. The quantitative estimate of drug-likeness (QED) is 0.848. The Bertz CT molecular complexity index is 642. The van der Waals surface area contributed by atoms with Crippen molar-refractivity contribution in [2.75, 3.05) is 19.5 Å². The molecule has 0 spiro atoms. The molecule has 2 aromatic rings. The first-order valence-electron chi connectivity index (χ1n) is 6.02. The summed E-state index contributed by atoms with van der Waals surface area (Å²) in [6, 6.07) is 8.81. The van der Waals surface area contributed by atoms with E-state index in [4.69, 9.17) is 21.7 Å². The summed E-state index contributed by atoms with van der Waals surface area (Å²) >= 11 is 6.49. The van der Waals surface area contributed by atoms with Crippen molar-refractivity contribution in [2.24, 2.45) is 0 Å². The predicted octanol–water partition coefficient (Wildman–Crippen LogP) is 2.89. The Morgan fingerprint density at radius 2 is 2.05 bits per heavy atom. The number of benzene rings is 1. The molecule has 21 heavy (non-hydrogen) atoms. The van der Waals surface area contributed by atoms with Gasteiger partial charge in [0.25, 0.3) is 5.91 Å². The highest BCUT2D eigenvalue weighted by molar-refractivity contribution is 7.80. The molecule has 0 unspecified atom stereocenters. The number of amides is 1. The highest BCUT2D eigenvalue weighted by Gasteiger charge is 2.11. The van der Waals surface area contributed by atoms with Crippen LogP contribution in [0.4, 0.5) is 5.69 Å². The summed E-state index contributed by atoms with van der Waals surface area (Å²) in [7, 11) is 3.13. The van der Waals surface area contributed by atoms with E-state index in [1.807, 2.05) is 5.38 Å². The molecule has 2 N–H and O–H groups in total. The SMILES string of the molecule is COc1ccc(OC)c(NC(=S)NC(=O)c2cccs2)c1. The monoisotopic (exact) mass is 322 g/mol. The van der Waals surface area contributed by atoms with Gasteiger partial charge in [-0.3, -0.25) is 10.1 Å². The Morgan fingerprint density at radius 3 is 2.67 bits per heavy atom. The molecule has 1 aromatic carbocycles. The van der Waals surface area contributed by atoms with Gasteiger partial charge in [0.05, 0.1) is 24.8 Å². The first kappa shape index (κ1) is 15.3. The molecule has 1 amide bonds. The highest BCUT2D eigenvalue weighted by atomic mass is 32.1. The number of ether oxygens (including phenoxy) is 2. The largest absolute Gasteiger partial charge is 0.497 e. The molecule has 110 valence electrons. The number of methoxy groups -OCH3 is 2. The standard InChI is InChI=1S/C14H14N2O3S2/c1-18-9-5-6-11(19-2)10(8-9)15-14(20)16-13(17)12-4-3-7-21-12/h3-8H,1-2H3,(H2,15,16,17,20). The van der Waals surface area contributed by atoms with E-state index in [2.05, 4.69) is 10.6 Å². The number of thiocarbonyl (C=S) groups is 1. The van der Waals surface area contributed by atoms with E-state index >= 15 is 0 Å². The van der Waals surface area contributed by atoms with Crippen LogP contribution < -0.4 is 20.1 Å². The molecular formula is C14H14N2O3S2. The number of hydrogen-bond acceptors (Lipinski definition) is 5.